The second-order valence-corrected chi connectivity index (χ2v) is 6.77. The van der Waals surface area contributed by atoms with E-state index in [1.54, 1.807) is 0 Å². The molecule has 0 spiro atoms. The maximum absolute atomic E-state index is 12.4. The molecule has 106 valence electrons. The van der Waals surface area contributed by atoms with Gasteiger partial charge in [-0.15, -0.1) is 0 Å². The summed E-state index contributed by atoms with van der Waals surface area (Å²) in [6.45, 7) is 2.54. The number of carbonyl (C=O) groups excluding carboxylic acids is 2. The van der Waals surface area contributed by atoms with Gasteiger partial charge in [-0.2, -0.15) is 0 Å². The smallest absolute Gasteiger partial charge is 0.233 e. The van der Waals surface area contributed by atoms with Crippen molar-refractivity contribution in [3.8, 4) is 0 Å². The number of imide groups is 1. The lowest BCUT2D eigenvalue weighted by Crippen LogP contribution is -2.31. The predicted molar refractivity (Wildman–Crippen MR) is 79.7 cm³/mol. The highest BCUT2D eigenvalue weighted by atomic mass is 79.9. The Morgan fingerprint density at radius 1 is 1.20 bits per heavy atom. The van der Waals surface area contributed by atoms with Crippen molar-refractivity contribution in [1.82, 2.24) is 4.90 Å². The summed E-state index contributed by atoms with van der Waals surface area (Å²) in [5, 5.41) is 0. The van der Waals surface area contributed by atoms with Crippen LogP contribution in [0.1, 0.15) is 31.7 Å². The van der Waals surface area contributed by atoms with E-state index in [-0.39, 0.29) is 23.7 Å². The Balaban J connectivity index is 1.77. The molecule has 2 amide bonds. The van der Waals surface area contributed by atoms with Crippen LogP contribution in [0.3, 0.4) is 0 Å². The minimum absolute atomic E-state index is 0.0379. The van der Waals surface area contributed by atoms with Gasteiger partial charge in [0, 0.05) is 4.47 Å². The van der Waals surface area contributed by atoms with Crippen molar-refractivity contribution in [2.24, 2.45) is 17.8 Å². The molecule has 1 aromatic rings. The summed E-state index contributed by atoms with van der Waals surface area (Å²) in [6, 6.07) is 7.79. The normalized spacial score (nSPS) is 29.1. The SMILES string of the molecule is CCC1CC2C(=O)N(Cc3cccc(Br)c3)C(=O)C2C1. The zero-order chi connectivity index (χ0) is 14.3. The number of halogens is 1. The van der Waals surface area contributed by atoms with Crippen molar-refractivity contribution < 1.29 is 9.59 Å². The van der Waals surface area contributed by atoms with E-state index < -0.39 is 0 Å². The van der Waals surface area contributed by atoms with Crippen LogP contribution in [-0.2, 0) is 16.1 Å². The maximum Gasteiger partial charge on any atom is 0.233 e. The third kappa shape index (κ3) is 2.30. The summed E-state index contributed by atoms with van der Waals surface area (Å²) in [5.74, 6) is 0.511. The van der Waals surface area contributed by atoms with Gasteiger partial charge in [-0.05, 0) is 36.5 Å². The molecule has 0 N–H and O–H groups in total. The molecular formula is C16H18BrNO2. The zero-order valence-corrected chi connectivity index (χ0v) is 13.1. The molecule has 0 bridgehead atoms. The van der Waals surface area contributed by atoms with Crippen LogP contribution < -0.4 is 0 Å². The van der Waals surface area contributed by atoms with Crippen LogP contribution in [0.4, 0.5) is 0 Å². The third-order valence-electron chi connectivity index (χ3n) is 4.63. The Morgan fingerprint density at radius 3 is 2.40 bits per heavy atom. The monoisotopic (exact) mass is 335 g/mol. The average molecular weight is 336 g/mol. The van der Waals surface area contributed by atoms with Crippen LogP contribution in [0.25, 0.3) is 0 Å². The van der Waals surface area contributed by atoms with Gasteiger partial charge in [0.2, 0.25) is 11.8 Å². The minimum atomic E-state index is -0.0559. The molecule has 1 aliphatic carbocycles. The molecule has 2 atom stereocenters. The molecule has 2 aliphatic rings. The van der Waals surface area contributed by atoms with Crippen LogP contribution in [0.15, 0.2) is 28.7 Å². The summed E-state index contributed by atoms with van der Waals surface area (Å²) >= 11 is 3.42. The van der Waals surface area contributed by atoms with E-state index in [0.717, 1.165) is 29.3 Å². The number of benzene rings is 1. The van der Waals surface area contributed by atoms with Crippen LogP contribution in [0, 0.1) is 17.8 Å². The fourth-order valence-electron chi connectivity index (χ4n) is 3.50. The van der Waals surface area contributed by atoms with Crippen LogP contribution in [-0.4, -0.2) is 16.7 Å². The number of carbonyl (C=O) groups is 2. The van der Waals surface area contributed by atoms with Crippen LogP contribution in [0.5, 0.6) is 0 Å². The summed E-state index contributed by atoms with van der Waals surface area (Å²) in [6.07, 6.45) is 2.85. The Kier molecular flexibility index (Phi) is 3.67. The number of hydrogen-bond donors (Lipinski definition) is 0. The van der Waals surface area contributed by atoms with Crippen molar-refractivity contribution in [3.63, 3.8) is 0 Å². The van der Waals surface area contributed by atoms with E-state index in [0.29, 0.717) is 12.5 Å². The molecule has 1 aromatic carbocycles. The van der Waals surface area contributed by atoms with Gasteiger partial charge in [0.15, 0.2) is 0 Å². The first-order valence-electron chi connectivity index (χ1n) is 7.19. The van der Waals surface area contributed by atoms with Gasteiger partial charge in [-0.1, -0.05) is 41.4 Å². The first kappa shape index (κ1) is 13.8. The summed E-state index contributed by atoms with van der Waals surface area (Å²) in [7, 11) is 0. The van der Waals surface area contributed by atoms with Gasteiger partial charge in [-0.3, -0.25) is 14.5 Å². The largest absolute Gasteiger partial charge is 0.278 e. The van der Waals surface area contributed by atoms with Crippen molar-refractivity contribution in [1.29, 1.82) is 0 Å². The lowest BCUT2D eigenvalue weighted by Gasteiger charge is -2.17. The van der Waals surface area contributed by atoms with E-state index in [2.05, 4.69) is 22.9 Å². The number of rotatable bonds is 3. The summed E-state index contributed by atoms with van der Waals surface area (Å²) < 4.78 is 0.973. The highest BCUT2D eigenvalue weighted by Gasteiger charge is 2.51. The number of likely N-dealkylation sites (tertiary alicyclic amines) is 1. The van der Waals surface area contributed by atoms with Crippen molar-refractivity contribution in [2.45, 2.75) is 32.7 Å². The summed E-state index contributed by atoms with van der Waals surface area (Å²) in [4.78, 5) is 26.3. The van der Waals surface area contributed by atoms with Gasteiger partial charge in [-0.25, -0.2) is 0 Å². The zero-order valence-electron chi connectivity index (χ0n) is 11.5. The van der Waals surface area contributed by atoms with Crippen molar-refractivity contribution in [3.05, 3.63) is 34.3 Å². The molecule has 2 fully saturated rings. The minimum Gasteiger partial charge on any atom is -0.278 e. The van der Waals surface area contributed by atoms with Gasteiger partial charge in [0.25, 0.3) is 0 Å². The lowest BCUT2D eigenvalue weighted by atomic mass is 10.00. The quantitative estimate of drug-likeness (QED) is 0.794. The van der Waals surface area contributed by atoms with E-state index in [4.69, 9.17) is 0 Å². The topological polar surface area (TPSA) is 37.4 Å². The molecule has 20 heavy (non-hydrogen) atoms. The standard InChI is InChI=1S/C16H18BrNO2/c1-2-10-7-13-14(8-10)16(20)18(15(13)19)9-11-4-3-5-12(17)6-11/h3-6,10,13-14H,2,7-9H2,1H3. The Morgan fingerprint density at radius 2 is 1.85 bits per heavy atom. The molecule has 0 aromatic heterocycles. The maximum atomic E-state index is 12.4. The molecule has 0 radical (unpaired) electrons. The number of nitrogens with zero attached hydrogens (tertiary/aromatic N) is 1. The average Bonchev–Trinajstić information content (AvgIpc) is 2.95. The van der Waals surface area contributed by atoms with E-state index in [9.17, 15) is 9.59 Å². The van der Waals surface area contributed by atoms with Gasteiger partial charge < -0.3 is 0 Å². The fourth-order valence-corrected chi connectivity index (χ4v) is 3.95. The van der Waals surface area contributed by atoms with Crippen LogP contribution in [0.2, 0.25) is 0 Å². The van der Waals surface area contributed by atoms with Gasteiger partial charge in [0.1, 0.15) is 0 Å². The molecular weight excluding hydrogens is 318 g/mol. The first-order chi connectivity index (χ1) is 9.60. The second-order valence-electron chi connectivity index (χ2n) is 5.85. The first-order valence-corrected chi connectivity index (χ1v) is 7.99. The number of amides is 2. The second kappa shape index (κ2) is 5.32. The Bertz CT molecular complexity index is 533. The highest BCUT2D eigenvalue weighted by molar-refractivity contribution is 9.10. The molecule has 2 unspecified atom stereocenters. The van der Waals surface area contributed by atoms with Gasteiger partial charge >= 0.3 is 0 Å². The van der Waals surface area contributed by atoms with Crippen LogP contribution >= 0.6 is 15.9 Å². The molecule has 1 saturated heterocycles. The van der Waals surface area contributed by atoms with Crippen molar-refractivity contribution >= 4 is 27.7 Å². The van der Waals surface area contributed by atoms with E-state index in [1.165, 1.54) is 4.90 Å². The Hall–Kier alpha value is -1.16. The molecule has 1 heterocycles. The summed E-state index contributed by atoms with van der Waals surface area (Å²) in [5.41, 5.74) is 0.994. The molecule has 3 rings (SSSR count). The molecule has 1 aliphatic heterocycles. The Labute approximate surface area is 127 Å². The third-order valence-corrected chi connectivity index (χ3v) is 5.13. The van der Waals surface area contributed by atoms with Crippen molar-refractivity contribution in [2.75, 3.05) is 0 Å². The number of fused-ring (bicyclic) bond motifs is 1. The lowest BCUT2D eigenvalue weighted by molar-refractivity contribution is -0.141. The van der Waals surface area contributed by atoms with Gasteiger partial charge in [0.05, 0.1) is 18.4 Å². The van der Waals surface area contributed by atoms with E-state index >= 15 is 0 Å². The molecule has 3 nitrogen and oxygen atoms in total. The highest BCUT2D eigenvalue weighted by Crippen LogP contribution is 2.44. The molecule has 1 saturated carbocycles. The van der Waals surface area contributed by atoms with E-state index in [1.807, 2.05) is 24.3 Å². The fraction of sp³-hybridized carbons (Fsp3) is 0.500. The number of hydrogen-bond acceptors (Lipinski definition) is 2. The molecule has 4 heteroatoms. The predicted octanol–water partition coefficient (Wildman–Crippen LogP) is 3.37.